The summed E-state index contributed by atoms with van der Waals surface area (Å²) in [5, 5.41) is 5.63. The van der Waals surface area contributed by atoms with Gasteiger partial charge >= 0.3 is 0 Å². The number of hydrogen-bond donors (Lipinski definition) is 2. The largest absolute Gasteiger partial charge is 0.492 e. The van der Waals surface area contributed by atoms with E-state index in [0.717, 1.165) is 23.1 Å². The van der Waals surface area contributed by atoms with Gasteiger partial charge in [-0.05, 0) is 70.9 Å². The molecule has 178 valence electrons. The van der Waals surface area contributed by atoms with Crippen LogP contribution in [0.2, 0.25) is 0 Å². The molecular weight excluding hydrogens is 496 g/mol. The smallest absolute Gasteiger partial charge is 0.262 e. The molecule has 7 heteroatoms. The van der Waals surface area contributed by atoms with Crippen LogP contribution in [-0.4, -0.2) is 25.0 Å². The quantitative estimate of drug-likeness (QED) is 0.259. The van der Waals surface area contributed by atoms with E-state index in [-0.39, 0.29) is 18.4 Å². The molecule has 3 rings (SSSR count). The summed E-state index contributed by atoms with van der Waals surface area (Å²) in [6.45, 7) is 2.72. The minimum absolute atomic E-state index is 0.109. The first-order valence-electron chi connectivity index (χ1n) is 11.4. The molecule has 0 saturated carbocycles. The van der Waals surface area contributed by atoms with Gasteiger partial charge < -0.3 is 20.1 Å². The van der Waals surface area contributed by atoms with Crippen LogP contribution in [0.3, 0.4) is 0 Å². The molecule has 0 aliphatic heterocycles. The second kappa shape index (κ2) is 13.4. The Balaban J connectivity index is 1.52. The molecule has 0 aromatic heterocycles. The topological polar surface area (TPSA) is 76.7 Å². The normalized spacial score (nSPS) is 10.4. The van der Waals surface area contributed by atoms with Crippen molar-refractivity contribution in [3.05, 3.63) is 82.8 Å². The van der Waals surface area contributed by atoms with Gasteiger partial charge in [-0.25, -0.2) is 0 Å². The Hall–Kier alpha value is -3.32. The molecule has 0 fully saturated rings. The van der Waals surface area contributed by atoms with Crippen LogP contribution >= 0.6 is 15.9 Å². The molecule has 0 spiro atoms. The SMILES string of the molecule is CCCCCCOc1ccc(C(=O)Nc2cccc(NC(=O)COc3ccccc3)c2)cc1Br. The lowest BCUT2D eigenvalue weighted by Gasteiger charge is -2.11. The van der Waals surface area contributed by atoms with Crippen LogP contribution in [0.4, 0.5) is 11.4 Å². The van der Waals surface area contributed by atoms with Crippen molar-refractivity contribution >= 4 is 39.1 Å². The van der Waals surface area contributed by atoms with Crippen LogP contribution in [0, 0.1) is 0 Å². The van der Waals surface area contributed by atoms with Gasteiger partial charge in [-0.15, -0.1) is 0 Å². The van der Waals surface area contributed by atoms with Gasteiger partial charge in [0.15, 0.2) is 6.61 Å². The molecule has 0 saturated heterocycles. The maximum Gasteiger partial charge on any atom is 0.262 e. The molecule has 0 atom stereocenters. The lowest BCUT2D eigenvalue weighted by Crippen LogP contribution is -2.20. The molecule has 34 heavy (non-hydrogen) atoms. The minimum Gasteiger partial charge on any atom is -0.492 e. The third-order valence-electron chi connectivity index (χ3n) is 4.97. The van der Waals surface area contributed by atoms with Crippen molar-refractivity contribution in [2.45, 2.75) is 32.6 Å². The molecular formula is C27H29BrN2O4. The molecule has 3 aromatic rings. The molecule has 3 aromatic carbocycles. The number of unbranched alkanes of at least 4 members (excludes halogenated alkanes) is 3. The summed E-state index contributed by atoms with van der Waals surface area (Å²) in [5.41, 5.74) is 1.63. The number of ether oxygens (including phenoxy) is 2. The van der Waals surface area contributed by atoms with E-state index in [2.05, 4.69) is 33.5 Å². The zero-order valence-corrected chi connectivity index (χ0v) is 20.8. The van der Waals surface area contributed by atoms with E-state index in [1.165, 1.54) is 12.8 Å². The van der Waals surface area contributed by atoms with E-state index < -0.39 is 0 Å². The second-order valence-electron chi connectivity index (χ2n) is 7.74. The standard InChI is InChI=1S/C27H29BrN2O4/c1-2-3-4-8-16-33-25-15-14-20(17-24(25)28)27(32)30-22-11-9-10-21(18-22)29-26(31)19-34-23-12-6-5-7-13-23/h5-7,9-15,17-18H,2-4,8,16,19H2,1H3,(H,29,31)(H,30,32). The number of hydrogen-bond acceptors (Lipinski definition) is 4. The summed E-state index contributed by atoms with van der Waals surface area (Å²) >= 11 is 3.49. The fourth-order valence-electron chi connectivity index (χ4n) is 3.21. The van der Waals surface area contributed by atoms with E-state index >= 15 is 0 Å². The number of carbonyl (C=O) groups excluding carboxylic acids is 2. The first kappa shape index (κ1) is 25.3. The molecule has 0 aliphatic rings. The van der Waals surface area contributed by atoms with Gasteiger partial charge in [0.05, 0.1) is 11.1 Å². The predicted molar refractivity (Wildman–Crippen MR) is 139 cm³/mol. The first-order chi connectivity index (χ1) is 16.5. The third-order valence-corrected chi connectivity index (χ3v) is 5.59. The van der Waals surface area contributed by atoms with Crippen LogP contribution < -0.4 is 20.1 Å². The number of nitrogens with one attached hydrogen (secondary N) is 2. The Labute approximate surface area is 208 Å². The van der Waals surface area contributed by atoms with Crippen molar-refractivity contribution < 1.29 is 19.1 Å². The van der Waals surface area contributed by atoms with Crippen molar-refractivity contribution in [1.29, 1.82) is 0 Å². The van der Waals surface area contributed by atoms with Crippen LogP contribution in [0.25, 0.3) is 0 Å². The number of halogens is 1. The predicted octanol–water partition coefficient (Wildman–Crippen LogP) is 6.68. The van der Waals surface area contributed by atoms with Crippen molar-refractivity contribution in [2.75, 3.05) is 23.8 Å². The molecule has 2 amide bonds. The van der Waals surface area contributed by atoms with E-state index in [4.69, 9.17) is 9.47 Å². The molecule has 0 unspecified atom stereocenters. The highest BCUT2D eigenvalue weighted by Crippen LogP contribution is 2.27. The van der Waals surface area contributed by atoms with E-state index in [0.29, 0.717) is 29.3 Å². The van der Waals surface area contributed by atoms with Gasteiger partial charge in [-0.3, -0.25) is 9.59 Å². The van der Waals surface area contributed by atoms with Crippen molar-refractivity contribution in [3.63, 3.8) is 0 Å². The molecule has 0 radical (unpaired) electrons. The van der Waals surface area contributed by atoms with Gasteiger partial charge in [0, 0.05) is 16.9 Å². The maximum atomic E-state index is 12.7. The van der Waals surface area contributed by atoms with Crippen molar-refractivity contribution in [1.82, 2.24) is 0 Å². The Morgan fingerprint density at radius 3 is 2.32 bits per heavy atom. The van der Waals surface area contributed by atoms with Gasteiger partial charge in [0.2, 0.25) is 0 Å². The molecule has 2 N–H and O–H groups in total. The minimum atomic E-state index is -0.290. The van der Waals surface area contributed by atoms with E-state index in [9.17, 15) is 9.59 Å². The lowest BCUT2D eigenvalue weighted by molar-refractivity contribution is -0.118. The number of carbonyl (C=O) groups is 2. The van der Waals surface area contributed by atoms with Crippen molar-refractivity contribution in [3.8, 4) is 11.5 Å². The van der Waals surface area contributed by atoms with Gasteiger partial charge in [0.1, 0.15) is 11.5 Å². The Morgan fingerprint density at radius 2 is 1.59 bits per heavy atom. The summed E-state index contributed by atoms with van der Waals surface area (Å²) in [5.74, 6) is 0.792. The van der Waals surface area contributed by atoms with Crippen LogP contribution in [0.5, 0.6) is 11.5 Å². The molecule has 0 aliphatic carbocycles. The van der Waals surface area contributed by atoms with Crippen LogP contribution in [0.15, 0.2) is 77.3 Å². The molecule has 6 nitrogen and oxygen atoms in total. The summed E-state index contributed by atoms with van der Waals surface area (Å²) in [6, 6.07) is 21.4. The monoisotopic (exact) mass is 524 g/mol. The Kier molecular flexibility index (Phi) is 9.98. The van der Waals surface area contributed by atoms with E-state index in [1.807, 2.05) is 18.2 Å². The summed E-state index contributed by atoms with van der Waals surface area (Å²) in [4.78, 5) is 24.9. The lowest BCUT2D eigenvalue weighted by atomic mass is 10.2. The summed E-state index contributed by atoms with van der Waals surface area (Å²) in [6.07, 6.45) is 4.55. The van der Waals surface area contributed by atoms with Crippen LogP contribution in [-0.2, 0) is 4.79 Å². The number of para-hydroxylation sites is 1. The van der Waals surface area contributed by atoms with Gasteiger partial charge in [0.25, 0.3) is 11.8 Å². The molecule has 0 bridgehead atoms. The number of amides is 2. The fraction of sp³-hybridized carbons (Fsp3) is 0.259. The zero-order valence-electron chi connectivity index (χ0n) is 19.2. The van der Waals surface area contributed by atoms with Crippen LogP contribution in [0.1, 0.15) is 43.0 Å². The first-order valence-corrected chi connectivity index (χ1v) is 12.2. The summed E-state index contributed by atoms with van der Waals surface area (Å²) < 4.78 is 12.0. The van der Waals surface area contributed by atoms with Gasteiger partial charge in [-0.2, -0.15) is 0 Å². The Bertz CT molecular complexity index is 1090. The second-order valence-corrected chi connectivity index (χ2v) is 8.59. The van der Waals surface area contributed by atoms with E-state index in [1.54, 1.807) is 54.6 Å². The van der Waals surface area contributed by atoms with Gasteiger partial charge in [-0.1, -0.05) is 50.5 Å². The fourth-order valence-corrected chi connectivity index (χ4v) is 3.70. The Morgan fingerprint density at radius 1 is 0.824 bits per heavy atom. The average molecular weight is 525 g/mol. The van der Waals surface area contributed by atoms with Crippen molar-refractivity contribution in [2.24, 2.45) is 0 Å². The number of anilines is 2. The number of benzene rings is 3. The highest BCUT2D eigenvalue weighted by Gasteiger charge is 2.11. The highest BCUT2D eigenvalue weighted by atomic mass is 79.9. The highest BCUT2D eigenvalue weighted by molar-refractivity contribution is 9.10. The average Bonchev–Trinajstić information content (AvgIpc) is 2.84. The zero-order chi connectivity index (χ0) is 24.2. The summed E-state index contributed by atoms with van der Waals surface area (Å²) in [7, 11) is 0. The number of rotatable bonds is 12. The maximum absolute atomic E-state index is 12.7. The third kappa shape index (κ3) is 8.23. The molecule has 0 heterocycles.